The number of benzene rings is 1. The first-order chi connectivity index (χ1) is 8.74. The van der Waals surface area contributed by atoms with E-state index in [0.717, 1.165) is 29.3 Å². The van der Waals surface area contributed by atoms with Gasteiger partial charge in [0, 0.05) is 25.2 Å². The Morgan fingerprint density at radius 2 is 2.22 bits per heavy atom. The van der Waals surface area contributed by atoms with Gasteiger partial charge in [0.15, 0.2) is 0 Å². The van der Waals surface area contributed by atoms with E-state index in [1.54, 1.807) is 0 Å². The van der Waals surface area contributed by atoms with Crippen LogP contribution in [0.3, 0.4) is 0 Å². The molecule has 0 amide bonds. The zero-order valence-corrected chi connectivity index (χ0v) is 10.9. The van der Waals surface area contributed by atoms with Gasteiger partial charge in [-0.15, -0.1) is 0 Å². The summed E-state index contributed by atoms with van der Waals surface area (Å²) in [7, 11) is 2.00. The van der Waals surface area contributed by atoms with Crippen molar-refractivity contribution in [3.05, 3.63) is 36.2 Å². The molecule has 0 aliphatic heterocycles. The van der Waals surface area contributed by atoms with E-state index in [0.29, 0.717) is 13.2 Å². The molecule has 0 fully saturated rings. The highest BCUT2D eigenvalue weighted by atomic mass is 16.5. The molecule has 0 aliphatic rings. The molecule has 1 aromatic heterocycles. The van der Waals surface area contributed by atoms with Crippen molar-refractivity contribution in [1.29, 1.82) is 0 Å². The minimum atomic E-state index is 0.620. The van der Waals surface area contributed by atoms with E-state index in [9.17, 15) is 0 Å². The highest BCUT2D eigenvalue weighted by Gasteiger charge is 2.08. The second-order valence-electron chi connectivity index (χ2n) is 4.17. The van der Waals surface area contributed by atoms with Gasteiger partial charge in [0.25, 0.3) is 0 Å². The van der Waals surface area contributed by atoms with Crippen LogP contribution in [0.1, 0.15) is 12.6 Å². The number of aromatic nitrogens is 2. The summed E-state index contributed by atoms with van der Waals surface area (Å²) in [4.78, 5) is 4.60. The van der Waals surface area contributed by atoms with Crippen molar-refractivity contribution < 1.29 is 4.74 Å². The van der Waals surface area contributed by atoms with Crippen LogP contribution >= 0.6 is 0 Å². The predicted molar refractivity (Wildman–Crippen MR) is 72.6 cm³/mol. The van der Waals surface area contributed by atoms with Gasteiger partial charge in [-0.1, -0.05) is 12.1 Å². The van der Waals surface area contributed by atoms with Crippen molar-refractivity contribution in [2.24, 2.45) is 12.8 Å². The fraction of sp³-hybridized carbons (Fsp3) is 0.357. The Bertz CT molecular complexity index is 520. The molecule has 0 saturated carbocycles. The summed E-state index contributed by atoms with van der Waals surface area (Å²) in [6.45, 7) is 3.27. The first kappa shape index (κ1) is 12.6. The van der Waals surface area contributed by atoms with Gasteiger partial charge < -0.3 is 15.0 Å². The molecule has 0 aliphatic carbocycles. The third-order valence-corrected chi connectivity index (χ3v) is 2.73. The van der Waals surface area contributed by atoms with Crippen LogP contribution in [0.25, 0.3) is 11.4 Å². The lowest BCUT2D eigenvalue weighted by Gasteiger charge is -2.05. The summed E-state index contributed by atoms with van der Waals surface area (Å²) in [5.41, 5.74) is 7.64. The summed E-state index contributed by atoms with van der Waals surface area (Å²) in [6.07, 6.45) is 2.83. The Morgan fingerprint density at radius 1 is 1.39 bits per heavy atom. The van der Waals surface area contributed by atoms with Crippen LogP contribution in [0.5, 0.6) is 5.75 Å². The van der Waals surface area contributed by atoms with Crippen LogP contribution < -0.4 is 10.5 Å². The standard InChI is InChI=1S/C14H19N3O/c1-3-18-13-6-4-5-11(9-13)14-16-12(7-8-15)10-17(14)2/h4-6,9-10H,3,7-8,15H2,1-2H3. The Morgan fingerprint density at radius 3 is 2.94 bits per heavy atom. The van der Waals surface area contributed by atoms with E-state index < -0.39 is 0 Å². The molecule has 0 bridgehead atoms. The van der Waals surface area contributed by atoms with Crippen LogP contribution in [0.2, 0.25) is 0 Å². The minimum Gasteiger partial charge on any atom is -0.494 e. The molecule has 4 nitrogen and oxygen atoms in total. The number of nitrogens with zero attached hydrogens (tertiary/aromatic N) is 2. The molecule has 0 radical (unpaired) electrons. The Kier molecular flexibility index (Phi) is 3.99. The zero-order valence-electron chi connectivity index (χ0n) is 10.9. The Balaban J connectivity index is 2.32. The second-order valence-corrected chi connectivity index (χ2v) is 4.17. The first-order valence-electron chi connectivity index (χ1n) is 6.20. The van der Waals surface area contributed by atoms with Crippen molar-refractivity contribution in [2.45, 2.75) is 13.3 Å². The molecular weight excluding hydrogens is 226 g/mol. The second kappa shape index (κ2) is 5.69. The molecule has 1 heterocycles. The van der Waals surface area contributed by atoms with E-state index in [4.69, 9.17) is 10.5 Å². The monoisotopic (exact) mass is 245 g/mol. The van der Waals surface area contributed by atoms with Crippen molar-refractivity contribution in [1.82, 2.24) is 9.55 Å². The van der Waals surface area contributed by atoms with E-state index in [1.165, 1.54) is 0 Å². The van der Waals surface area contributed by atoms with Gasteiger partial charge in [0.2, 0.25) is 0 Å². The van der Waals surface area contributed by atoms with Crippen molar-refractivity contribution >= 4 is 0 Å². The van der Waals surface area contributed by atoms with Crippen LogP contribution in [-0.2, 0) is 13.5 Å². The number of hydrogen-bond acceptors (Lipinski definition) is 3. The maximum atomic E-state index is 5.55. The minimum absolute atomic E-state index is 0.620. The summed E-state index contributed by atoms with van der Waals surface area (Å²) < 4.78 is 7.53. The molecule has 0 saturated heterocycles. The van der Waals surface area contributed by atoms with Crippen LogP contribution in [0.15, 0.2) is 30.5 Å². The molecular formula is C14H19N3O. The molecule has 2 aromatic rings. The van der Waals surface area contributed by atoms with Crippen LogP contribution in [0, 0.1) is 0 Å². The Hall–Kier alpha value is -1.81. The fourth-order valence-electron chi connectivity index (χ4n) is 1.96. The largest absolute Gasteiger partial charge is 0.494 e. The average Bonchev–Trinajstić information content (AvgIpc) is 2.72. The molecule has 4 heteroatoms. The molecule has 1 aromatic carbocycles. The van der Waals surface area contributed by atoms with Gasteiger partial charge in [-0.05, 0) is 25.6 Å². The number of ether oxygens (including phenoxy) is 1. The van der Waals surface area contributed by atoms with Gasteiger partial charge >= 0.3 is 0 Å². The predicted octanol–water partition coefficient (Wildman–Crippen LogP) is 1.99. The van der Waals surface area contributed by atoms with Crippen molar-refractivity contribution in [3.8, 4) is 17.1 Å². The number of imidazole rings is 1. The topological polar surface area (TPSA) is 53.1 Å². The first-order valence-corrected chi connectivity index (χ1v) is 6.20. The highest BCUT2D eigenvalue weighted by Crippen LogP contribution is 2.23. The zero-order chi connectivity index (χ0) is 13.0. The molecule has 0 spiro atoms. The van der Waals surface area contributed by atoms with Gasteiger partial charge in [-0.3, -0.25) is 0 Å². The van der Waals surface area contributed by atoms with Gasteiger partial charge in [0.05, 0.1) is 12.3 Å². The summed E-state index contributed by atoms with van der Waals surface area (Å²) in [6, 6.07) is 7.99. The third-order valence-electron chi connectivity index (χ3n) is 2.73. The smallest absolute Gasteiger partial charge is 0.140 e. The summed E-state index contributed by atoms with van der Waals surface area (Å²) in [5, 5.41) is 0. The maximum Gasteiger partial charge on any atom is 0.140 e. The lowest BCUT2D eigenvalue weighted by Crippen LogP contribution is -2.02. The lowest BCUT2D eigenvalue weighted by molar-refractivity contribution is 0.340. The molecule has 96 valence electrons. The van der Waals surface area contributed by atoms with E-state index in [-0.39, 0.29) is 0 Å². The number of rotatable bonds is 5. The van der Waals surface area contributed by atoms with Gasteiger partial charge in [0.1, 0.15) is 11.6 Å². The third kappa shape index (κ3) is 2.71. The van der Waals surface area contributed by atoms with Crippen molar-refractivity contribution in [2.75, 3.05) is 13.2 Å². The van der Waals surface area contributed by atoms with Crippen LogP contribution in [0.4, 0.5) is 0 Å². The Labute approximate surface area is 107 Å². The van der Waals surface area contributed by atoms with Gasteiger partial charge in [-0.25, -0.2) is 4.98 Å². The number of hydrogen-bond donors (Lipinski definition) is 1. The highest BCUT2D eigenvalue weighted by molar-refractivity contribution is 5.58. The molecule has 18 heavy (non-hydrogen) atoms. The summed E-state index contributed by atoms with van der Waals surface area (Å²) >= 11 is 0. The normalized spacial score (nSPS) is 10.6. The molecule has 2 N–H and O–H groups in total. The maximum absolute atomic E-state index is 5.55. The van der Waals surface area contributed by atoms with Crippen molar-refractivity contribution in [3.63, 3.8) is 0 Å². The summed E-state index contributed by atoms with van der Waals surface area (Å²) in [5.74, 6) is 1.82. The van der Waals surface area contributed by atoms with E-state index in [2.05, 4.69) is 4.98 Å². The molecule has 0 atom stereocenters. The molecule has 2 rings (SSSR count). The number of aryl methyl sites for hydroxylation is 1. The number of nitrogens with two attached hydrogens (primary N) is 1. The SMILES string of the molecule is CCOc1cccc(-c2nc(CCN)cn2C)c1. The van der Waals surface area contributed by atoms with E-state index in [1.807, 2.05) is 49.0 Å². The molecule has 0 unspecified atom stereocenters. The van der Waals surface area contributed by atoms with E-state index >= 15 is 0 Å². The lowest BCUT2D eigenvalue weighted by atomic mass is 10.2. The van der Waals surface area contributed by atoms with Crippen LogP contribution in [-0.4, -0.2) is 22.7 Å². The average molecular weight is 245 g/mol. The van der Waals surface area contributed by atoms with Gasteiger partial charge in [-0.2, -0.15) is 0 Å². The quantitative estimate of drug-likeness (QED) is 0.876. The fourth-order valence-corrected chi connectivity index (χ4v) is 1.96.